The van der Waals surface area contributed by atoms with Crippen molar-refractivity contribution >= 4 is 35.4 Å². The van der Waals surface area contributed by atoms with Gasteiger partial charge in [-0.15, -0.1) is 0 Å². The lowest BCUT2D eigenvalue weighted by molar-refractivity contribution is 0.215. The zero-order chi connectivity index (χ0) is 20.6. The first kappa shape index (κ1) is 20.7. The molecule has 0 saturated heterocycles. The summed E-state index contributed by atoms with van der Waals surface area (Å²) in [5.41, 5.74) is 6.70. The fourth-order valence-electron chi connectivity index (χ4n) is 3.06. The average Bonchev–Trinajstić information content (AvgIpc) is 2.70. The molecular weight excluding hydrogens is 396 g/mol. The maximum absolute atomic E-state index is 12.2. The van der Waals surface area contributed by atoms with Crippen LogP contribution in [0, 0.1) is 0 Å². The lowest BCUT2D eigenvalue weighted by Gasteiger charge is -2.23. The van der Waals surface area contributed by atoms with Crippen LogP contribution in [0.1, 0.15) is 37.7 Å². The lowest BCUT2D eigenvalue weighted by atomic mass is 9.96. The second kappa shape index (κ2) is 9.92. The summed E-state index contributed by atoms with van der Waals surface area (Å²) < 4.78 is 5.76. The highest BCUT2D eigenvalue weighted by Crippen LogP contribution is 2.31. The van der Waals surface area contributed by atoms with E-state index in [-0.39, 0.29) is 23.8 Å². The van der Waals surface area contributed by atoms with E-state index >= 15 is 0 Å². The van der Waals surface area contributed by atoms with Gasteiger partial charge in [0.05, 0.1) is 16.9 Å². The number of halogens is 1. The highest BCUT2D eigenvalue weighted by atomic mass is 35.5. The van der Waals surface area contributed by atoms with Crippen molar-refractivity contribution in [3.63, 3.8) is 0 Å². The third-order valence-electron chi connectivity index (χ3n) is 4.51. The van der Waals surface area contributed by atoms with Gasteiger partial charge in [0.15, 0.2) is 0 Å². The van der Waals surface area contributed by atoms with E-state index in [9.17, 15) is 4.79 Å². The standard InChI is InChI=1S/C19H23ClN6O3/c1-28-24-10-14-17(21)22-11-23-18(14)29-13-7-8-16(15(20)9-13)26-19(27)25-12-5-3-2-4-6-12/h7-12H,2-6H2,1H3,(H2,21,22,23)(H2,25,26,27). The summed E-state index contributed by atoms with van der Waals surface area (Å²) in [6.45, 7) is 0. The Labute approximate surface area is 173 Å². The van der Waals surface area contributed by atoms with Crippen LogP contribution >= 0.6 is 11.6 Å². The number of oxime groups is 1. The van der Waals surface area contributed by atoms with E-state index in [2.05, 4.69) is 30.6 Å². The second-order valence-corrected chi connectivity index (χ2v) is 6.98. The van der Waals surface area contributed by atoms with Crippen molar-refractivity contribution in [1.82, 2.24) is 15.3 Å². The summed E-state index contributed by atoms with van der Waals surface area (Å²) in [4.78, 5) is 24.9. The van der Waals surface area contributed by atoms with Crippen molar-refractivity contribution in [2.24, 2.45) is 5.16 Å². The Bertz CT molecular complexity index is 886. The molecule has 10 heteroatoms. The van der Waals surface area contributed by atoms with E-state index in [1.165, 1.54) is 26.1 Å². The van der Waals surface area contributed by atoms with Crippen LogP contribution in [-0.2, 0) is 4.84 Å². The zero-order valence-electron chi connectivity index (χ0n) is 16.0. The number of nitrogens with one attached hydrogen (secondary N) is 2. The van der Waals surface area contributed by atoms with Crippen LogP contribution < -0.4 is 21.1 Å². The van der Waals surface area contributed by atoms with Gasteiger partial charge in [-0.1, -0.05) is 36.0 Å². The highest BCUT2D eigenvalue weighted by Gasteiger charge is 2.17. The minimum absolute atomic E-state index is 0.194. The number of hydrogen-bond donors (Lipinski definition) is 3. The maximum Gasteiger partial charge on any atom is 0.319 e. The van der Waals surface area contributed by atoms with Gasteiger partial charge in [-0.25, -0.2) is 14.8 Å². The van der Waals surface area contributed by atoms with Crippen LogP contribution in [-0.4, -0.2) is 35.4 Å². The number of nitrogens with zero attached hydrogens (tertiary/aromatic N) is 3. The maximum atomic E-state index is 12.2. The summed E-state index contributed by atoms with van der Waals surface area (Å²) in [7, 11) is 1.41. The fraction of sp³-hybridized carbons (Fsp3) is 0.368. The second-order valence-electron chi connectivity index (χ2n) is 6.57. The Morgan fingerprint density at radius 2 is 2.10 bits per heavy atom. The summed E-state index contributed by atoms with van der Waals surface area (Å²) in [5, 5.41) is 9.76. The van der Waals surface area contributed by atoms with Crippen LogP contribution in [0.2, 0.25) is 5.02 Å². The number of amides is 2. The third kappa shape index (κ3) is 5.71. The first-order valence-corrected chi connectivity index (χ1v) is 9.66. The number of nitrogen functional groups attached to an aromatic ring is 1. The van der Waals surface area contributed by atoms with E-state index < -0.39 is 0 Å². The summed E-state index contributed by atoms with van der Waals surface area (Å²) in [6, 6.07) is 4.84. The Kier molecular flexibility index (Phi) is 7.07. The van der Waals surface area contributed by atoms with Gasteiger partial charge in [0.1, 0.15) is 30.6 Å². The Balaban J connectivity index is 1.67. The van der Waals surface area contributed by atoms with Crippen molar-refractivity contribution in [1.29, 1.82) is 0 Å². The Morgan fingerprint density at radius 3 is 2.83 bits per heavy atom. The molecule has 29 heavy (non-hydrogen) atoms. The molecule has 0 spiro atoms. The topological polar surface area (TPSA) is 124 Å². The van der Waals surface area contributed by atoms with Crippen molar-refractivity contribution in [2.75, 3.05) is 18.2 Å². The number of carbonyl (C=O) groups is 1. The predicted molar refractivity (Wildman–Crippen MR) is 112 cm³/mol. The van der Waals surface area contributed by atoms with Gasteiger partial charge in [0.25, 0.3) is 0 Å². The molecule has 0 aliphatic heterocycles. The molecular formula is C19H23ClN6O3. The van der Waals surface area contributed by atoms with Gasteiger partial charge < -0.3 is 25.9 Å². The minimum atomic E-state index is -0.269. The van der Waals surface area contributed by atoms with Gasteiger partial charge in [-0.2, -0.15) is 0 Å². The number of hydrogen-bond acceptors (Lipinski definition) is 7. The van der Waals surface area contributed by atoms with Gasteiger partial charge in [0, 0.05) is 12.1 Å². The molecule has 154 valence electrons. The molecule has 2 amide bonds. The van der Waals surface area contributed by atoms with Gasteiger partial charge in [-0.3, -0.25) is 0 Å². The molecule has 4 N–H and O–H groups in total. The first-order chi connectivity index (χ1) is 14.1. The fourth-order valence-corrected chi connectivity index (χ4v) is 3.28. The van der Waals surface area contributed by atoms with Crippen LogP contribution in [0.15, 0.2) is 29.7 Å². The van der Waals surface area contributed by atoms with Crippen molar-refractivity contribution in [3.8, 4) is 11.6 Å². The van der Waals surface area contributed by atoms with Crippen molar-refractivity contribution < 1.29 is 14.4 Å². The van der Waals surface area contributed by atoms with E-state index in [1.807, 2.05) is 0 Å². The summed E-state index contributed by atoms with van der Waals surface area (Å²) in [5.74, 6) is 0.808. The van der Waals surface area contributed by atoms with Gasteiger partial charge >= 0.3 is 6.03 Å². The molecule has 1 aromatic carbocycles. The SMILES string of the molecule is CON=Cc1c(N)ncnc1Oc1ccc(NC(=O)NC2CCCCC2)c(Cl)c1. The Hall–Kier alpha value is -3.07. The minimum Gasteiger partial charge on any atom is -0.438 e. The number of aromatic nitrogens is 2. The molecule has 1 aliphatic rings. The lowest BCUT2D eigenvalue weighted by Crippen LogP contribution is -2.39. The molecule has 2 aromatic rings. The van der Waals surface area contributed by atoms with E-state index in [0.717, 1.165) is 25.7 Å². The third-order valence-corrected chi connectivity index (χ3v) is 4.82. The van der Waals surface area contributed by atoms with Crippen molar-refractivity contribution in [3.05, 3.63) is 35.1 Å². The average molecular weight is 419 g/mol. The smallest absolute Gasteiger partial charge is 0.319 e. The van der Waals surface area contributed by atoms with E-state index in [4.69, 9.17) is 22.1 Å². The van der Waals surface area contributed by atoms with Crippen LogP contribution in [0.3, 0.4) is 0 Å². The predicted octanol–water partition coefficient (Wildman–Crippen LogP) is 3.94. The quantitative estimate of drug-likeness (QED) is 0.482. The number of ether oxygens (including phenoxy) is 1. The summed E-state index contributed by atoms with van der Waals surface area (Å²) >= 11 is 6.31. The molecule has 0 radical (unpaired) electrons. The zero-order valence-corrected chi connectivity index (χ0v) is 16.8. The van der Waals surface area contributed by atoms with Crippen molar-refractivity contribution in [2.45, 2.75) is 38.1 Å². The number of benzene rings is 1. The molecule has 0 atom stereocenters. The molecule has 1 aliphatic carbocycles. The summed E-state index contributed by atoms with van der Waals surface area (Å²) in [6.07, 6.45) is 8.16. The molecule has 1 heterocycles. The van der Waals surface area contributed by atoms with Crippen LogP contribution in [0.5, 0.6) is 11.6 Å². The van der Waals surface area contributed by atoms with E-state index in [0.29, 0.717) is 22.0 Å². The molecule has 1 saturated carbocycles. The monoisotopic (exact) mass is 418 g/mol. The van der Waals surface area contributed by atoms with Gasteiger partial charge in [0.2, 0.25) is 5.88 Å². The molecule has 9 nitrogen and oxygen atoms in total. The number of urea groups is 1. The molecule has 1 fully saturated rings. The highest BCUT2D eigenvalue weighted by molar-refractivity contribution is 6.33. The Morgan fingerprint density at radius 1 is 1.31 bits per heavy atom. The molecule has 0 unspecified atom stereocenters. The van der Waals surface area contributed by atoms with Crippen LogP contribution in [0.25, 0.3) is 0 Å². The van der Waals surface area contributed by atoms with Crippen LogP contribution in [0.4, 0.5) is 16.3 Å². The number of carbonyl (C=O) groups excluding carboxylic acids is 1. The number of anilines is 2. The van der Waals surface area contributed by atoms with Gasteiger partial charge in [-0.05, 0) is 25.0 Å². The molecule has 3 rings (SSSR count). The van der Waals surface area contributed by atoms with E-state index in [1.54, 1.807) is 18.2 Å². The molecule has 1 aromatic heterocycles. The number of rotatable bonds is 6. The normalized spacial score (nSPS) is 14.6. The first-order valence-electron chi connectivity index (χ1n) is 9.28. The number of nitrogens with two attached hydrogens (primary N) is 1. The molecule has 0 bridgehead atoms. The largest absolute Gasteiger partial charge is 0.438 e.